The maximum Gasteiger partial charge on any atom is 2.00 e. The maximum absolute atomic E-state index is 11.5. The molecule has 0 saturated carbocycles. The third-order valence-corrected chi connectivity index (χ3v) is 1.10. The number of halogens is 2. The normalized spacial score (nSPS) is 9.33. The molecule has 1 nitrogen and oxygen atoms in total. The van der Waals surface area contributed by atoms with Crippen molar-refractivity contribution in [3.8, 4) is 5.75 Å². The molecule has 0 aliphatic rings. The molecule has 1 rings (SSSR count). The van der Waals surface area contributed by atoms with Gasteiger partial charge < -0.3 is 13.5 Å². The predicted octanol–water partition coefficient (Wildman–Crippen LogP) is 2.56. The zero-order valence-electron chi connectivity index (χ0n) is 6.40. The van der Waals surface area contributed by atoms with E-state index in [1.165, 1.54) is 6.07 Å². The van der Waals surface area contributed by atoms with Crippen molar-refractivity contribution in [3.05, 3.63) is 36.4 Å². The van der Waals surface area contributed by atoms with Crippen molar-refractivity contribution in [2.24, 2.45) is 0 Å². The van der Waals surface area contributed by atoms with Gasteiger partial charge in [0, 0.05) is 0 Å². The van der Waals surface area contributed by atoms with Crippen molar-refractivity contribution < 1.29 is 44.6 Å². The zero-order valence-corrected chi connectivity index (χ0v) is 10.6. The van der Waals surface area contributed by atoms with Crippen LogP contribution >= 0.6 is 0 Å². The molecule has 0 saturated heterocycles. The van der Waals surface area contributed by atoms with E-state index in [0.717, 1.165) is 5.56 Å². The summed E-state index contributed by atoms with van der Waals surface area (Å²) in [6.45, 7) is -0.310. The molecular weight excluding hydrogens is 388 g/mol. The Balaban J connectivity index is 0.00000121. The molecule has 4 heteroatoms. The minimum atomic E-state index is -2.06. The van der Waals surface area contributed by atoms with E-state index < -0.39 is 6.61 Å². The summed E-state index contributed by atoms with van der Waals surface area (Å²) in [5.41, 5.74) is 0.767. The van der Waals surface area contributed by atoms with E-state index in [0.29, 0.717) is 0 Å². The molecule has 1 aromatic carbocycles. The molecule has 0 aliphatic heterocycles. The number of rotatable bonds is 2. The Kier molecular flexibility index (Phi) is 5.52. The average molecular weight is 394 g/mol. The first-order valence-electron chi connectivity index (χ1n) is 3.03. The zero-order chi connectivity index (χ0) is 8.27. The molecule has 0 aromatic heterocycles. The Morgan fingerprint density at radius 1 is 1.42 bits per heavy atom. The van der Waals surface area contributed by atoms with Gasteiger partial charge in [0.15, 0.2) is 6.61 Å². The minimum absolute atomic E-state index is 0. The Hall–Kier alpha value is -0.0681. The van der Waals surface area contributed by atoms with E-state index >= 15 is 0 Å². The summed E-state index contributed by atoms with van der Waals surface area (Å²) in [4.78, 5) is 0. The Bertz CT molecular complexity index is 240. The third kappa shape index (κ3) is 4.08. The van der Waals surface area contributed by atoms with Crippen LogP contribution in [0.5, 0.6) is 5.75 Å². The molecular formula is C8H6F2OU. The van der Waals surface area contributed by atoms with Crippen molar-refractivity contribution in [1.82, 2.24) is 0 Å². The molecule has 0 spiro atoms. The van der Waals surface area contributed by atoms with E-state index in [2.05, 4.69) is 10.8 Å². The standard InChI is InChI=1S/C8H6F2O.U/c1-6-3-2-4-7(5-6)11-8(9)10;/h2-4H,1H3;/q-2;+2. The van der Waals surface area contributed by atoms with Crippen LogP contribution in [0.4, 0.5) is 8.78 Å². The monoisotopic (exact) mass is 394 g/mol. The van der Waals surface area contributed by atoms with Gasteiger partial charge in [0.1, 0.15) is 0 Å². The van der Waals surface area contributed by atoms with Crippen molar-refractivity contribution in [2.75, 3.05) is 0 Å². The van der Waals surface area contributed by atoms with Crippen LogP contribution in [-0.4, -0.2) is 0 Å². The summed E-state index contributed by atoms with van der Waals surface area (Å²) in [5.74, 6) is 0.0463. The van der Waals surface area contributed by atoms with Gasteiger partial charge >= 0.3 is 31.1 Å². The average Bonchev–Trinajstić information content (AvgIpc) is 1.85. The fourth-order valence-corrected chi connectivity index (χ4v) is 0.700. The van der Waals surface area contributed by atoms with Crippen LogP contribution in [-0.2, 0) is 0 Å². The van der Waals surface area contributed by atoms with Crippen LogP contribution in [0.1, 0.15) is 5.56 Å². The van der Waals surface area contributed by atoms with Crippen molar-refractivity contribution >= 4 is 0 Å². The molecule has 0 unspecified atom stereocenters. The van der Waals surface area contributed by atoms with Crippen molar-refractivity contribution in [3.63, 3.8) is 0 Å². The molecule has 0 bridgehead atoms. The van der Waals surface area contributed by atoms with Gasteiger partial charge in [-0.25, -0.2) is 0 Å². The second kappa shape index (κ2) is 5.56. The summed E-state index contributed by atoms with van der Waals surface area (Å²) in [5, 5.41) is 0. The minimum Gasteiger partial charge on any atom is -0.618 e. The smallest absolute Gasteiger partial charge is 0.618 e. The SMILES string of the molecule is Cc1[c-]c(O[C-](F)F)ccc1.[U+2]. The summed E-state index contributed by atoms with van der Waals surface area (Å²) >= 11 is 0. The van der Waals surface area contributed by atoms with Gasteiger partial charge in [-0.3, -0.25) is 0 Å². The first-order chi connectivity index (χ1) is 5.18. The topological polar surface area (TPSA) is 9.23 Å². The molecule has 0 fully saturated rings. The summed E-state index contributed by atoms with van der Waals surface area (Å²) < 4.78 is 27.1. The molecule has 0 atom stereocenters. The molecule has 0 heterocycles. The van der Waals surface area contributed by atoms with Gasteiger partial charge in [-0.05, 0) is 5.75 Å². The second-order valence-corrected chi connectivity index (χ2v) is 2.03. The number of ether oxygens (including phenoxy) is 1. The first kappa shape index (κ1) is 11.9. The Morgan fingerprint density at radius 2 is 2.08 bits per heavy atom. The van der Waals surface area contributed by atoms with Gasteiger partial charge in [-0.15, -0.1) is 12.1 Å². The third-order valence-electron chi connectivity index (χ3n) is 1.10. The fraction of sp³-hybridized carbons (Fsp3) is 0.125. The van der Waals surface area contributed by atoms with Gasteiger partial charge in [-0.1, -0.05) is 6.92 Å². The molecule has 0 N–H and O–H groups in total. The number of hydrogen-bond donors (Lipinski definition) is 0. The molecule has 1 aromatic rings. The van der Waals surface area contributed by atoms with Gasteiger partial charge in [0.05, 0.1) is 0 Å². The quantitative estimate of drug-likeness (QED) is 0.701. The second-order valence-electron chi connectivity index (χ2n) is 2.03. The van der Waals surface area contributed by atoms with E-state index in [1.807, 2.05) is 0 Å². The van der Waals surface area contributed by atoms with Crippen LogP contribution in [0.2, 0.25) is 0 Å². The Labute approximate surface area is 93.5 Å². The van der Waals surface area contributed by atoms with Crippen LogP contribution in [0.3, 0.4) is 0 Å². The van der Waals surface area contributed by atoms with Crippen molar-refractivity contribution in [1.29, 1.82) is 0 Å². The first-order valence-corrected chi connectivity index (χ1v) is 3.03. The van der Waals surface area contributed by atoms with Crippen LogP contribution in [0.25, 0.3) is 0 Å². The maximum atomic E-state index is 11.5. The number of aryl methyl sites for hydroxylation is 1. The molecule has 12 heavy (non-hydrogen) atoms. The van der Waals surface area contributed by atoms with E-state index in [-0.39, 0.29) is 36.9 Å². The molecule has 0 aliphatic carbocycles. The fourth-order valence-electron chi connectivity index (χ4n) is 0.700. The van der Waals surface area contributed by atoms with Crippen LogP contribution in [0.15, 0.2) is 18.2 Å². The van der Waals surface area contributed by atoms with E-state index in [4.69, 9.17) is 0 Å². The van der Waals surface area contributed by atoms with Gasteiger partial charge in [0.2, 0.25) is 0 Å². The Morgan fingerprint density at radius 3 is 2.58 bits per heavy atom. The van der Waals surface area contributed by atoms with Gasteiger partial charge in [-0.2, -0.15) is 17.7 Å². The summed E-state index contributed by atoms with van der Waals surface area (Å²) in [6, 6.07) is 7.42. The summed E-state index contributed by atoms with van der Waals surface area (Å²) in [7, 11) is 0. The molecule has 0 radical (unpaired) electrons. The predicted molar refractivity (Wildman–Crippen MR) is 36.1 cm³/mol. The van der Waals surface area contributed by atoms with Crippen molar-refractivity contribution in [2.45, 2.75) is 6.92 Å². The molecule has 62 valence electrons. The van der Waals surface area contributed by atoms with Crippen LogP contribution < -0.4 is 4.74 Å². The number of hydrogen-bond acceptors (Lipinski definition) is 1. The van der Waals surface area contributed by atoms with Crippen LogP contribution in [0, 0.1) is 50.7 Å². The summed E-state index contributed by atoms with van der Waals surface area (Å²) in [6.07, 6.45) is 0. The molecule has 0 amide bonds. The van der Waals surface area contributed by atoms with Gasteiger partial charge in [0.25, 0.3) is 0 Å². The number of benzene rings is 1. The van der Waals surface area contributed by atoms with E-state index in [1.54, 1.807) is 19.1 Å². The largest absolute Gasteiger partial charge is 2.00 e. The van der Waals surface area contributed by atoms with E-state index in [9.17, 15) is 8.78 Å².